The molecule has 0 aliphatic carbocycles. The van der Waals surface area contributed by atoms with Crippen LogP contribution in [0.1, 0.15) is 16.7 Å². The van der Waals surface area contributed by atoms with Crippen LogP contribution in [0.3, 0.4) is 0 Å². The lowest BCUT2D eigenvalue weighted by Crippen LogP contribution is -1.88. The highest BCUT2D eigenvalue weighted by Gasteiger charge is 1.91. The number of aryl methyl sites for hydroxylation is 1. The van der Waals surface area contributed by atoms with Gasteiger partial charge in [0.15, 0.2) is 0 Å². The largest absolute Gasteiger partial charge is 0.390 e. The molecule has 0 N–H and O–H groups in total. The highest BCUT2D eigenvalue weighted by molar-refractivity contribution is 5.79. The van der Waals surface area contributed by atoms with Crippen LogP contribution in [0.25, 0.3) is 0 Å². The summed E-state index contributed by atoms with van der Waals surface area (Å²) in [5.74, 6) is 0. The zero-order chi connectivity index (χ0) is 11.9. The van der Waals surface area contributed by atoms with Gasteiger partial charge >= 0.3 is 0 Å². The van der Waals surface area contributed by atoms with E-state index in [0.29, 0.717) is 6.61 Å². The first kappa shape index (κ1) is 11.4. The highest BCUT2D eigenvalue weighted by Crippen LogP contribution is 2.03. The molecule has 2 aromatic rings. The van der Waals surface area contributed by atoms with Gasteiger partial charge in [0.2, 0.25) is 0 Å². The Labute approximate surface area is 102 Å². The van der Waals surface area contributed by atoms with Crippen LogP contribution < -0.4 is 0 Å². The summed E-state index contributed by atoms with van der Waals surface area (Å²) in [7, 11) is 0. The molecule has 2 heteroatoms. The van der Waals surface area contributed by atoms with Crippen molar-refractivity contribution < 1.29 is 4.84 Å². The molecule has 0 fully saturated rings. The molecule has 0 spiro atoms. The summed E-state index contributed by atoms with van der Waals surface area (Å²) >= 11 is 0. The summed E-state index contributed by atoms with van der Waals surface area (Å²) in [6, 6.07) is 17.9. The van der Waals surface area contributed by atoms with E-state index in [9.17, 15) is 0 Å². The van der Waals surface area contributed by atoms with Crippen molar-refractivity contribution in [2.45, 2.75) is 13.5 Å². The second-order valence-electron chi connectivity index (χ2n) is 3.83. The minimum Gasteiger partial charge on any atom is -0.390 e. The van der Waals surface area contributed by atoms with Crippen molar-refractivity contribution in [1.82, 2.24) is 0 Å². The van der Waals surface area contributed by atoms with Crippen molar-refractivity contribution in [2.24, 2.45) is 5.16 Å². The molecule has 0 atom stereocenters. The van der Waals surface area contributed by atoms with Gasteiger partial charge < -0.3 is 4.84 Å². The summed E-state index contributed by atoms with van der Waals surface area (Å²) in [5, 5.41) is 3.83. The summed E-state index contributed by atoms with van der Waals surface area (Å²) in [4.78, 5) is 5.18. The Hall–Kier alpha value is -2.09. The van der Waals surface area contributed by atoms with E-state index < -0.39 is 0 Å². The Morgan fingerprint density at radius 1 is 1.06 bits per heavy atom. The number of benzene rings is 2. The average molecular weight is 224 g/mol. The van der Waals surface area contributed by atoms with E-state index in [-0.39, 0.29) is 0 Å². The van der Waals surface area contributed by atoms with Gasteiger partial charge in [0.25, 0.3) is 0 Å². The first-order valence-corrected chi connectivity index (χ1v) is 5.53. The van der Waals surface area contributed by atoms with Gasteiger partial charge in [-0.1, -0.05) is 59.3 Å². The smallest absolute Gasteiger partial charge is 0.142 e. The third-order valence-corrected chi connectivity index (χ3v) is 2.33. The normalized spacial score (nSPS) is 10.6. The van der Waals surface area contributed by atoms with Crippen molar-refractivity contribution in [3.05, 3.63) is 71.3 Å². The molecule has 0 saturated heterocycles. The molecule has 0 aliphatic heterocycles. The molecule has 0 amide bonds. The third-order valence-electron chi connectivity index (χ3n) is 2.33. The van der Waals surface area contributed by atoms with Crippen molar-refractivity contribution in [1.29, 1.82) is 0 Å². The molecule has 2 aromatic carbocycles. The number of hydrogen-bond acceptors (Lipinski definition) is 2. The topological polar surface area (TPSA) is 21.6 Å². The monoisotopic (exact) mass is 224 g/mol. The van der Waals surface area contributed by atoms with Crippen LogP contribution in [0.5, 0.6) is 0 Å². The van der Waals surface area contributed by atoms with E-state index in [1.165, 1.54) is 5.56 Å². The minimum atomic E-state index is 0.472. The molecule has 0 aliphatic rings. The first-order chi connectivity index (χ1) is 8.34. The van der Waals surface area contributed by atoms with Crippen LogP contribution in [0.4, 0.5) is 0 Å². The fraction of sp³-hybridized carbons (Fsp3) is 0.133. The fourth-order valence-corrected chi connectivity index (χ4v) is 1.48. The quantitative estimate of drug-likeness (QED) is 0.576. The Kier molecular flexibility index (Phi) is 3.92. The molecule has 2 nitrogen and oxygen atoms in total. The zero-order valence-corrected chi connectivity index (χ0v) is 9.76. The van der Waals surface area contributed by atoms with Gasteiger partial charge in [-0.3, -0.25) is 0 Å². The molecule has 85 valence electrons. The Bertz CT molecular complexity index is 491. The van der Waals surface area contributed by atoms with Crippen LogP contribution >= 0.6 is 0 Å². The number of nitrogens with zero attached hydrogens (tertiary/aromatic N) is 1. The summed E-state index contributed by atoms with van der Waals surface area (Å²) in [6.07, 6.45) is 2.86. The van der Waals surface area contributed by atoms with Crippen LogP contribution in [0.2, 0.25) is 0 Å². The predicted octanol–water partition coefficient (Wildman–Crippen LogP) is 3.42. The van der Waals surface area contributed by atoms with Gasteiger partial charge in [0, 0.05) is 5.56 Å². The highest BCUT2D eigenvalue weighted by atomic mass is 16.6. The van der Waals surface area contributed by atoms with Gasteiger partial charge in [0.05, 0.1) is 0 Å². The fourth-order valence-electron chi connectivity index (χ4n) is 1.48. The Morgan fingerprint density at radius 3 is 2.65 bits per heavy atom. The summed E-state index contributed by atoms with van der Waals surface area (Å²) in [5.41, 5.74) is 3.22. The number of hydrogen-bond donors (Lipinski definition) is 0. The van der Waals surface area contributed by atoms with E-state index in [4.69, 9.17) is 4.84 Å². The van der Waals surface area contributed by atoms with Crippen molar-refractivity contribution in [3.63, 3.8) is 0 Å². The maximum atomic E-state index is 5.18. The molecule has 0 bridgehead atoms. The van der Waals surface area contributed by atoms with Gasteiger partial charge in [0.1, 0.15) is 12.8 Å². The maximum absolute atomic E-state index is 5.18. The molecule has 0 saturated carbocycles. The van der Waals surface area contributed by atoms with Gasteiger partial charge in [-0.05, 0) is 18.6 Å². The van der Waals surface area contributed by atoms with Crippen molar-refractivity contribution in [3.8, 4) is 0 Å². The standard InChI is InChI=1S/C15H14NO/c1-13-6-5-9-15(10-13)11-16-17-12-14-7-3-2-4-8-14/h2-10H,12H2,1H3. The summed E-state index contributed by atoms with van der Waals surface area (Å²) < 4.78 is 0. The van der Waals surface area contributed by atoms with Gasteiger partial charge in [-0.25, -0.2) is 0 Å². The van der Waals surface area contributed by atoms with E-state index >= 15 is 0 Å². The van der Waals surface area contributed by atoms with Crippen LogP contribution in [0, 0.1) is 6.92 Å². The molecule has 0 aromatic heterocycles. The molecule has 2 rings (SSSR count). The van der Waals surface area contributed by atoms with Gasteiger partial charge in [-0.2, -0.15) is 0 Å². The second kappa shape index (κ2) is 5.85. The van der Waals surface area contributed by atoms with Crippen LogP contribution in [0.15, 0.2) is 59.8 Å². The second-order valence-corrected chi connectivity index (χ2v) is 3.83. The summed E-state index contributed by atoms with van der Waals surface area (Å²) in [6.45, 7) is 2.51. The Morgan fingerprint density at radius 2 is 1.88 bits per heavy atom. The molecule has 0 heterocycles. The van der Waals surface area contributed by atoms with E-state index in [1.54, 1.807) is 0 Å². The van der Waals surface area contributed by atoms with Gasteiger partial charge in [-0.15, -0.1) is 0 Å². The lowest BCUT2D eigenvalue weighted by molar-refractivity contribution is 0.132. The lowest BCUT2D eigenvalue weighted by atomic mass is 10.2. The van der Waals surface area contributed by atoms with E-state index in [0.717, 1.165) is 11.1 Å². The SMILES string of the molecule is Cc1cccc(/[C]=N\OCc2ccccc2)c1. The first-order valence-electron chi connectivity index (χ1n) is 5.53. The molecular weight excluding hydrogens is 210 g/mol. The van der Waals surface area contributed by atoms with Crippen LogP contribution in [-0.4, -0.2) is 6.21 Å². The zero-order valence-electron chi connectivity index (χ0n) is 9.76. The molecule has 17 heavy (non-hydrogen) atoms. The van der Waals surface area contributed by atoms with E-state index in [1.807, 2.05) is 61.5 Å². The van der Waals surface area contributed by atoms with Crippen molar-refractivity contribution >= 4 is 6.21 Å². The van der Waals surface area contributed by atoms with Crippen LogP contribution in [-0.2, 0) is 11.4 Å². The average Bonchev–Trinajstić information content (AvgIpc) is 2.36. The molecule has 0 unspecified atom stereocenters. The minimum absolute atomic E-state index is 0.472. The molecule has 1 radical (unpaired) electrons. The lowest BCUT2D eigenvalue weighted by Gasteiger charge is -1.98. The Balaban J connectivity index is 1.86. The van der Waals surface area contributed by atoms with E-state index in [2.05, 4.69) is 11.4 Å². The number of rotatable bonds is 4. The predicted molar refractivity (Wildman–Crippen MR) is 68.9 cm³/mol. The maximum Gasteiger partial charge on any atom is 0.142 e. The third kappa shape index (κ3) is 3.76. The molecular formula is C15H14NO. The van der Waals surface area contributed by atoms with Crippen molar-refractivity contribution in [2.75, 3.05) is 0 Å².